The van der Waals surface area contributed by atoms with Crippen molar-refractivity contribution >= 4 is 34.1 Å². The molecule has 0 atom stereocenters. The lowest BCUT2D eigenvalue weighted by molar-refractivity contribution is -0.132. The fourth-order valence-electron chi connectivity index (χ4n) is 4.33. The van der Waals surface area contributed by atoms with E-state index in [4.69, 9.17) is 14.2 Å². The van der Waals surface area contributed by atoms with Gasteiger partial charge in [0.15, 0.2) is 23.1 Å². The number of anilines is 2. The van der Waals surface area contributed by atoms with Gasteiger partial charge in [-0.3, -0.25) is 14.6 Å². The summed E-state index contributed by atoms with van der Waals surface area (Å²) < 4.78 is 44.8. The smallest absolute Gasteiger partial charge is 0.242 e. The molecule has 5 rings (SSSR count). The summed E-state index contributed by atoms with van der Waals surface area (Å²) in [6.45, 7) is 0. The van der Waals surface area contributed by atoms with Crippen molar-refractivity contribution in [1.29, 1.82) is 0 Å². The topological polar surface area (TPSA) is 90.0 Å². The van der Waals surface area contributed by atoms with Crippen LogP contribution in [0.2, 0.25) is 0 Å². The summed E-state index contributed by atoms with van der Waals surface area (Å²) in [5, 5.41) is 3.24. The second-order valence-corrected chi connectivity index (χ2v) is 9.16. The lowest BCUT2D eigenvalue weighted by atomic mass is 10.0. The highest BCUT2D eigenvalue weighted by Gasteiger charge is 2.57. The van der Waals surface area contributed by atoms with E-state index in [1.807, 2.05) is 0 Å². The molecule has 1 aliphatic carbocycles. The highest BCUT2D eigenvalue weighted by Crippen LogP contribution is 2.48. The Hall–Kier alpha value is -4.73. The largest absolute Gasteiger partial charge is 0.493 e. The quantitative estimate of drug-likeness (QED) is 0.292. The van der Waals surface area contributed by atoms with E-state index in [-0.39, 0.29) is 11.4 Å². The van der Waals surface area contributed by atoms with Crippen molar-refractivity contribution in [2.45, 2.75) is 12.8 Å². The molecule has 0 aliphatic heterocycles. The first-order valence-corrected chi connectivity index (χ1v) is 12.1. The Morgan fingerprint density at radius 2 is 1.59 bits per heavy atom. The third-order valence-corrected chi connectivity index (χ3v) is 6.73. The van der Waals surface area contributed by atoms with Crippen molar-refractivity contribution in [2.75, 3.05) is 31.5 Å². The van der Waals surface area contributed by atoms with Gasteiger partial charge in [0.2, 0.25) is 11.8 Å². The number of nitrogens with zero attached hydrogens (tertiary/aromatic N) is 2. The molecule has 39 heavy (non-hydrogen) atoms. The van der Waals surface area contributed by atoms with Crippen LogP contribution in [0, 0.1) is 17.0 Å². The molecule has 200 valence electrons. The Morgan fingerprint density at radius 3 is 2.23 bits per heavy atom. The van der Waals surface area contributed by atoms with Crippen LogP contribution in [0.15, 0.2) is 66.9 Å². The molecule has 1 fully saturated rings. The highest BCUT2D eigenvalue weighted by molar-refractivity contribution is 6.17. The second-order valence-electron chi connectivity index (χ2n) is 9.16. The molecular formula is C29H25F2N3O5. The number of carbonyl (C=O) groups excluding carboxylic acids is 2. The van der Waals surface area contributed by atoms with Crippen molar-refractivity contribution in [1.82, 2.24) is 4.98 Å². The average molecular weight is 534 g/mol. The lowest BCUT2D eigenvalue weighted by Gasteiger charge is -2.23. The van der Waals surface area contributed by atoms with Crippen LogP contribution in [-0.2, 0) is 9.59 Å². The fraction of sp³-hybridized carbons (Fsp3) is 0.207. The molecule has 1 aromatic heterocycles. The van der Waals surface area contributed by atoms with Gasteiger partial charge in [-0.05, 0) is 61.4 Å². The molecule has 0 bridgehead atoms. The molecule has 0 unspecified atom stereocenters. The van der Waals surface area contributed by atoms with E-state index in [1.165, 1.54) is 68.8 Å². The van der Waals surface area contributed by atoms with E-state index < -0.39 is 28.9 Å². The minimum Gasteiger partial charge on any atom is -0.493 e. The molecule has 10 heteroatoms. The highest BCUT2D eigenvalue weighted by atomic mass is 19.1. The third kappa shape index (κ3) is 4.93. The summed E-state index contributed by atoms with van der Waals surface area (Å²) in [5.41, 5.74) is -0.0447. The van der Waals surface area contributed by atoms with Crippen LogP contribution >= 0.6 is 0 Å². The number of carbonyl (C=O) groups is 2. The standard InChI is InChI=1S/C29H25F2N3O5/c1-34(19-7-4-17(30)5-8-19)28(36)29(11-12-29)27(35)33-18-6-9-24(21(31)14-18)39-23-10-13-32-22-16-26(38-3)25(37-2)15-20(22)23/h4-10,13-16H,11-12H2,1-3H3,(H,33,35). The zero-order valence-corrected chi connectivity index (χ0v) is 21.5. The number of pyridine rings is 1. The van der Waals surface area contributed by atoms with Crippen molar-refractivity contribution < 1.29 is 32.6 Å². The number of aromatic nitrogens is 1. The monoisotopic (exact) mass is 533 g/mol. The van der Waals surface area contributed by atoms with E-state index in [2.05, 4.69) is 10.3 Å². The van der Waals surface area contributed by atoms with Crippen LogP contribution in [0.5, 0.6) is 23.0 Å². The van der Waals surface area contributed by atoms with Crippen molar-refractivity contribution in [3.05, 3.63) is 78.5 Å². The number of fused-ring (bicyclic) bond motifs is 1. The number of hydrogen-bond donors (Lipinski definition) is 1. The predicted octanol–water partition coefficient (Wildman–Crippen LogP) is 5.70. The van der Waals surface area contributed by atoms with Gasteiger partial charge in [0, 0.05) is 42.1 Å². The average Bonchev–Trinajstić information content (AvgIpc) is 3.76. The van der Waals surface area contributed by atoms with Crippen LogP contribution in [0.3, 0.4) is 0 Å². The molecule has 1 N–H and O–H groups in total. The summed E-state index contributed by atoms with van der Waals surface area (Å²) in [6.07, 6.45) is 2.25. The molecule has 0 radical (unpaired) electrons. The van der Waals surface area contributed by atoms with Gasteiger partial charge in [-0.25, -0.2) is 8.78 Å². The van der Waals surface area contributed by atoms with Gasteiger partial charge in [0.1, 0.15) is 17.0 Å². The van der Waals surface area contributed by atoms with Crippen molar-refractivity contribution in [3.8, 4) is 23.0 Å². The molecular weight excluding hydrogens is 508 g/mol. The van der Waals surface area contributed by atoms with Crippen LogP contribution in [-0.4, -0.2) is 38.1 Å². The van der Waals surface area contributed by atoms with E-state index in [1.54, 1.807) is 18.2 Å². The van der Waals surface area contributed by atoms with Gasteiger partial charge in [0.25, 0.3) is 0 Å². The SMILES string of the molecule is COc1cc2nccc(Oc3ccc(NC(=O)C4(C(=O)N(C)c5ccc(F)cc5)CC4)cc3F)c2cc1OC. The first kappa shape index (κ1) is 25.9. The molecule has 1 saturated carbocycles. The van der Waals surface area contributed by atoms with Gasteiger partial charge < -0.3 is 24.4 Å². The van der Waals surface area contributed by atoms with Crippen LogP contribution < -0.4 is 24.4 Å². The number of nitrogens with one attached hydrogen (secondary N) is 1. The summed E-state index contributed by atoms with van der Waals surface area (Å²) in [5.74, 6) is -0.833. The third-order valence-electron chi connectivity index (χ3n) is 6.73. The zero-order valence-electron chi connectivity index (χ0n) is 21.5. The van der Waals surface area contributed by atoms with Gasteiger partial charge in [-0.2, -0.15) is 0 Å². The first-order chi connectivity index (χ1) is 18.8. The number of benzene rings is 3. The number of amides is 2. The number of methoxy groups -OCH3 is 2. The van der Waals surface area contributed by atoms with Crippen LogP contribution in [0.4, 0.5) is 20.2 Å². The molecule has 8 nitrogen and oxygen atoms in total. The van der Waals surface area contributed by atoms with Crippen molar-refractivity contribution in [2.24, 2.45) is 5.41 Å². The van der Waals surface area contributed by atoms with Gasteiger partial charge >= 0.3 is 0 Å². The molecule has 1 aliphatic rings. The minimum absolute atomic E-state index is 0.0662. The van der Waals surface area contributed by atoms with Crippen molar-refractivity contribution in [3.63, 3.8) is 0 Å². The predicted molar refractivity (Wildman–Crippen MR) is 141 cm³/mol. The normalized spacial score (nSPS) is 13.5. The van der Waals surface area contributed by atoms with Gasteiger partial charge in [0.05, 0.1) is 19.7 Å². The maximum Gasteiger partial charge on any atom is 0.242 e. The van der Waals surface area contributed by atoms with Crippen LogP contribution in [0.1, 0.15) is 12.8 Å². The summed E-state index contributed by atoms with van der Waals surface area (Å²) in [4.78, 5) is 31.8. The Kier molecular flexibility index (Phi) is 6.78. The second kappa shape index (κ2) is 10.2. The van der Waals surface area contributed by atoms with E-state index in [0.717, 1.165) is 6.07 Å². The van der Waals surface area contributed by atoms with Gasteiger partial charge in [-0.1, -0.05) is 0 Å². The Labute approximate surface area is 223 Å². The van der Waals surface area contributed by atoms with E-state index >= 15 is 4.39 Å². The summed E-state index contributed by atoms with van der Waals surface area (Å²) in [6, 6.07) is 14.4. The van der Waals surface area contributed by atoms with Crippen LogP contribution in [0.25, 0.3) is 10.9 Å². The Balaban J connectivity index is 1.32. The summed E-state index contributed by atoms with van der Waals surface area (Å²) in [7, 11) is 4.56. The molecule has 3 aromatic carbocycles. The lowest BCUT2D eigenvalue weighted by Crippen LogP contribution is -2.41. The molecule has 2 amide bonds. The minimum atomic E-state index is -1.26. The van der Waals surface area contributed by atoms with E-state index in [0.29, 0.717) is 46.7 Å². The first-order valence-electron chi connectivity index (χ1n) is 12.1. The fourth-order valence-corrected chi connectivity index (χ4v) is 4.33. The Bertz CT molecular complexity index is 1570. The van der Waals surface area contributed by atoms with Gasteiger partial charge in [-0.15, -0.1) is 0 Å². The zero-order chi connectivity index (χ0) is 27.7. The maximum absolute atomic E-state index is 15.1. The number of halogens is 2. The summed E-state index contributed by atoms with van der Waals surface area (Å²) >= 11 is 0. The van der Waals surface area contributed by atoms with E-state index in [9.17, 15) is 14.0 Å². The molecule has 0 spiro atoms. The number of hydrogen-bond acceptors (Lipinski definition) is 6. The maximum atomic E-state index is 15.1. The number of ether oxygens (including phenoxy) is 3. The number of rotatable bonds is 8. The Morgan fingerprint density at radius 1 is 0.897 bits per heavy atom. The molecule has 4 aromatic rings. The molecule has 1 heterocycles. The molecule has 0 saturated heterocycles.